The van der Waals surface area contributed by atoms with Crippen molar-refractivity contribution < 1.29 is 14.3 Å². The molecule has 2 heterocycles. The molecule has 1 N–H and O–H groups in total. The summed E-state index contributed by atoms with van der Waals surface area (Å²) in [4.78, 5) is 12.7. The predicted octanol–water partition coefficient (Wildman–Crippen LogP) is 4.17. The Morgan fingerprint density at radius 1 is 1.17 bits per heavy atom. The SMILES string of the molecule is COc1ccc(C2(CNC(=O)Cn3ccc4ccc(Cl)cc43)CCOCC2)cc1. The molecule has 1 saturated heterocycles. The Kier molecular flexibility index (Phi) is 5.79. The molecule has 0 bridgehead atoms. The molecular weight excluding hydrogens is 388 g/mol. The van der Waals surface area contributed by atoms with Crippen LogP contribution in [-0.2, 0) is 21.5 Å². The molecule has 2 aromatic carbocycles. The summed E-state index contributed by atoms with van der Waals surface area (Å²) in [5, 5.41) is 4.89. The Labute approximate surface area is 175 Å². The van der Waals surface area contributed by atoms with E-state index in [1.54, 1.807) is 7.11 Å². The van der Waals surface area contributed by atoms with Gasteiger partial charge in [0.1, 0.15) is 12.3 Å². The first-order valence-corrected chi connectivity index (χ1v) is 10.2. The maximum atomic E-state index is 12.7. The third kappa shape index (κ3) is 4.26. The van der Waals surface area contributed by atoms with Crippen LogP contribution in [0.15, 0.2) is 54.7 Å². The maximum absolute atomic E-state index is 12.7. The van der Waals surface area contributed by atoms with Gasteiger partial charge in [0.25, 0.3) is 0 Å². The summed E-state index contributed by atoms with van der Waals surface area (Å²) in [7, 11) is 1.66. The minimum Gasteiger partial charge on any atom is -0.497 e. The number of amides is 1. The largest absolute Gasteiger partial charge is 0.497 e. The zero-order valence-corrected chi connectivity index (χ0v) is 17.2. The fourth-order valence-corrected chi connectivity index (χ4v) is 4.21. The Balaban J connectivity index is 1.48. The van der Waals surface area contributed by atoms with Gasteiger partial charge in [0.2, 0.25) is 5.91 Å². The van der Waals surface area contributed by atoms with E-state index >= 15 is 0 Å². The van der Waals surface area contributed by atoms with Crippen molar-refractivity contribution in [3.63, 3.8) is 0 Å². The number of carbonyl (C=O) groups is 1. The van der Waals surface area contributed by atoms with Crippen LogP contribution >= 0.6 is 11.6 Å². The highest BCUT2D eigenvalue weighted by atomic mass is 35.5. The normalized spacial score (nSPS) is 15.9. The molecule has 0 atom stereocenters. The zero-order valence-electron chi connectivity index (χ0n) is 16.5. The zero-order chi connectivity index (χ0) is 20.3. The Bertz CT molecular complexity index is 991. The number of nitrogens with zero attached hydrogens (tertiary/aromatic N) is 1. The lowest BCUT2D eigenvalue weighted by Gasteiger charge is -2.38. The van der Waals surface area contributed by atoms with Crippen LogP contribution in [0, 0.1) is 0 Å². The Morgan fingerprint density at radius 3 is 2.66 bits per heavy atom. The van der Waals surface area contributed by atoms with Gasteiger partial charge in [-0.05, 0) is 54.1 Å². The first-order chi connectivity index (χ1) is 14.1. The van der Waals surface area contributed by atoms with E-state index < -0.39 is 0 Å². The average Bonchev–Trinajstić information content (AvgIpc) is 3.15. The number of rotatable bonds is 6. The van der Waals surface area contributed by atoms with Crippen molar-refractivity contribution in [2.75, 3.05) is 26.9 Å². The van der Waals surface area contributed by atoms with E-state index in [9.17, 15) is 4.79 Å². The van der Waals surface area contributed by atoms with Crippen LogP contribution < -0.4 is 10.1 Å². The van der Waals surface area contributed by atoms with Crippen LogP contribution in [-0.4, -0.2) is 37.3 Å². The van der Waals surface area contributed by atoms with Crippen molar-refractivity contribution >= 4 is 28.4 Å². The highest BCUT2D eigenvalue weighted by Gasteiger charge is 2.34. The first-order valence-electron chi connectivity index (χ1n) is 9.83. The van der Waals surface area contributed by atoms with Crippen LogP contribution in [0.25, 0.3) is 10.9 Å². The monoisotopic (exact) mass is 412 g/mol. The number of halogens is 1. The van der Waals surface area contributed by atoms with Gasteiger partial charge in [-0.2, -0.15) is 0 Å². The van der Waals surface area contributed by atoms with Crippen LogP contribution in [0.5, 0.6) is 5.75 Å². The minimum absolute atomic E-state index is 0.0122. The van der Waals surface area contributed by atoms with Crippen LogP contribution in [0.2, 0.25) is 5.02 Å². The molecule has 3 aromatic rings. The van der Waals surface area contributed by atoms with Gasteiger partial charge in [-0.15, -0.1) is 0 Å². The fourth-order valence-electron chi connectivity index (χ4n) is 4.05. The topological polar surface area (TPSA) is 52.5 Å². The van der Waals surface area contributed by atoms with E-state index in [-0.39, 0.29) is 17.9 Å². The number of benzene rings is 2. The van der Waals surface area contributed by atoms with Gasteiger partial charge in [-0.1, -0.05) is 29.8 Å². The van der Waals surface area contributed by atoms with E-state index in [2.05, 4.69) is 17.4 Å². The summed E-state index contributed by atoms with van der Waals surface area (Å²) >= 11 is 6.12. The lowest BCUT2D eigenvalue weighted by atomic mass is 9.74. The van der Waals surface area contributed by atoms with Crippen LogP contribution in [0.4, 0.5) is 0 Å². The number of aromatic nitrogens is 1. The molecule has 1 aliphatic rings. The number of fused-ring (bicyclic) bond motifs is 1. The number of hydrogen-bond donors (Lipinski definition) is 1. The molecule has 29 heavy (non-hydrogen) atoms. The average molecular weight is 413 g/mol. The number of hydrogen-bond acceptors (Lipinski definition) is 3. The molecule has 5 nitrogen and oxygen atoms in total. The quantitative estimate of drug-likeness (QED) is 0.661. The van der Waals surface area contributed by atoms with Gasteiger partial charge in [-0.3, -0.25) is 4.79 Å². The number of ether oxygens (including phenoxy) is 2. The molecule has 0 radical (unpaired) electrons. The maximum Gasteiger partial charge on any atom is 0.239 e. The highest BCUT2D eigenvalue weighted by molar-refractivity contribution is 6.31. The van der Waals surface area contributed by atoms with Gasteiger partial charge in [0.15, 0.2) is 0 Å². The van der Waals surface area contributed by atoms with Crippen molar-refractivity contribution in [1.82, 2.24) is 9.88 Å². The van der Waals surface area contributed by atoms with E-state index in [0.29, 0.717) is 24.8 Å². The second kappa shape index (κ2) is 8.47. The molecule has 0 saturated carbocycles. The minimum atomic E-state index is -0.123. The van der Waals surface area contributed by atoms with E-state index in [4.69, 9.17) is 21.1 Å². The molecule has 1 fully saturated rings. The lowest BCUT2D eigenvalue weighted by Crippen LogP contribution is -2.45. The number of nitrogens with one attached hydrogen (secondary N) is 1. The molecule has 1 amide bonds. The Hall–Kier alpha value is -2.50. The van der Waals surface area contributed by atoms with Gasteiger partial charge in [0.05, 0.1) is 7.11 Å². The molecule has 1 aliphatic heterocycles. The summed E-state index contributed by atoms with van der Waals surface area (Å²) in [5.74, 6) is 0.819. The molecular formula is C23H25ClN2O3. The van der Waals surface area contributed by atoms with Crippen molar-refractivity contribution in [3.8, 4) is 5.75 Å². The number of methoxy groups -OCH3 is 1. The Morgan fingerprint density at radius 2 is 1.93 bits per heavy atom. The standard InChI is InChI=1S/C23H25ClN2O3/c1-28-20-6-3-18(4-7-20)23(9-12-29-13-10-23)16-25-22(27)15-26-11-8-17-2-5-19(24)14-21(17)26/h2-8,11,14H,9-10,12-13,15-16H2,1H3,(H,25,27). The van der Waals surface area contributed by atoms with Crippen molar-refractivity contribution in [2.45, 2.75) is 24.8 Å². The number of carbonyl (C=O) groups excluding carboxylic acids is 1. The first kappa shape index (κ1) is 19.8. The second-order valence-corrected chi connectivity index (χ2v) is 7.98. The van der Waals surface area contributed by atoms with E-state index in [1.807, 2.05) is 47.2 Å². The van der Waals surface area contributed by atoms with Gasteiger partial charge in [0, 0.05) is 41.9 Å². The molecule has 0 unspecified atom stereocenters. The summed E-state index contributed by atoms with van der Waals surface area (Å²) < 4.78 is 12.8. The van der Waals surface area contributed by atoms with Crippen LogP contribution in [0.3, 0.4) is 0 Å². The summed E-state index contributed by atoms with van der Waals surface area (Å²) in [5.41, 5.74) is 2.05. The third-order valence-electron chi connectivity index (χ3n) is 5.83. The van der Waals surface area contributed by atoms with Crippen molar-refractivity contribution in [1.29, 1.82) is 0 Å². The van der Waals surface area contributed by atoms with E-state index in [1.165, 1.54) is 5.56 Å². The molecule has 152 valence electrons. The second-order valence-electron chi connectivity index (χ2n) is 7.54. The summed E-state index contributed by atoms with van der Waals surface area (Å²) in [6.45, 7) is 2.24. The predicted molar refractivity (Wildman–Crippen MR) is 115 cm³/mol. The molecule has 4 rings (SSSR count). The van der Waals surface area contributed by atoms with Gasteiger partial charge >= 0.3 is 0 Å². The molecule has 1 aromatic heterocycles. The summed E-state index contributed by atoms with van der Waals surface area (Å²) in [6.07, 6.45) is 3.68. The molecule has 0 spiro atoms. The van der Waals surface area contributed by atoms with Crippen molar-refractivity contribution in [3.05, 3.63) is 65.3 Å². The van der Waals surface area contributed by atoms with Gasteiger partial charge in [-0.25, -0.2) is 0 Å². The summed E-state index contributed by atoms with van der Waals surface area (Å²) in [6, 6.07) is 15.9. The van der Waals surface area contributed by atoms with Gasteiger partial charge < -0.3 is 19.4 Å². The highest BCUT2D eigenvalue weighted by Crippen LogP contribution is 2.35. The van der Waals surface area contributed by atoms with Crippen molar-refractivity contribution in [2.24, 2.45) is 0 Å². The van der Waals surface area contributed by atoms with Crippen LogP contribution in [0.1, 0.15) is 18.4 Å². The van der Waals surface area contributed by atoms with E-state index in [0.717, 1.165) is 29.5 Å². The fraction of sp³-hybridized carbons (Fsp3) is 0.348. The smallest absolute Gasteiger partial charge is 0.239 e. The molecule has 6 heteroatoms. The lowest BCUT2D eigenvalue weighted by molar-refractivity contribution is -0.122. The third-order valence-corrected chi connectivity index (χ3v) is 6.06. The molecule has 0 aliphatic carbocycles.